The van der Waals surface area contributed by atoms with E-state index >= 15 is 0 Å². The molecule has 124 valence electrons. The quantitative estimate of drug-likeness (QED) is 0.534. The predicted molar refractivity (Wildman–Crippen MR) is 86.3 cm³/mol. The van der Waals surface area contributed by atoms with Crippen LogP contribution in [0, 0.1) is 25.5 Å². The van der Waals surface area contributed by atoms with Crippen molar-refractivity contribution in [2.45, 2.75) is 31.2 Å². The van der Waals surface area contributed by atoms with E-state index in [2.05, 4.69) is 15.1 Å². The van der Waals surface area contributed by atoms with E-state index in [4.69, 9.17) is 0 Å². The Morgan fingerprint density at radius 1 is 1.17 bits per heavy atom. The van der Waals surface area contributed by atoms with Crippen LogP contribution in [-0.2, 0) is 0 Å². The number of Topliss-reactive ketones (excluding diaryl/α,β-unsaturated/α-hetero) is 1. The molecule has 0 amide bonds. The van der Waals surface area contributed by atoms with Crippen LogP contribution < -0.4 is 0 Å². The molecule has 0 N–H and O–H groups in total. The molecule has 24 heavy (non-hydrogen) atoms. The number of aryl methyl sites for hydroxylation is 2. The van der Waals surface area contributed by atoms with Gasteiger partial charge in [0.15, 0.2) is 17.4 Å². The third kappa shape index (κ3) is 3.14. The number of benzene rings is 1. The highest BCUT2D eigenvalue weighted by atomic mass is 32.2. The molecule has 0 unspecified atom stereocenters. The number of carbonyl (C=O) groups is 1. The third-order valence-electron chi connectivity index (χ3n) is 3.45. The van der Waals surface area contributed by atoms with Gasteiger partial charge >= 0.3 is 0 Å². The van der Waals surface area contributed by atoms with Crippen LogP contribution in [0.4, 0.5) is 8.78 Å². The maximum Gasteiger partial charge on any atom is 0.253 e. The van der Waals surface area contributed by atoms with Gasteiger partial charge in [0.25, 0.3) is 5.78 Å². The summed E-state index contributed by atoms with van der Waals surface area (Å²) >= 11 is 1.15. The molecule has 3 aromatic rings. The van der Waals surface area contributed by atoms with E-state index < -0.39 is 16.9 Å². The van der Waals surface area contributed by atoms with Gasteiger partial charge < -0.3 is 0 Å². The topological polar surface area (TPSA) is 60.2 Å². The first-order chi connectivity index (χ1) is 11.3. The van der Waals surface area contributed by atoms with Crippen LogP contribution in [0.15, 0.2) is 29.4 Å². The lowest BCUT2D eigenvalue weighted by Gasteiger charge is -2.07. The van der Waals surface area contributed by atoms with Crippen molar-refractivity contribution in [2.75, 3.05) is 0 Å². The van der Waals surface area contributed by atoms with Gasteiger partial charge in [-0.25, -0.2) is 18.3 Å². The fourth-order valence-corrected chi connectivity index (χ4v) is 3.12. The highest BCUT2D eigenvalue weighted by Crippen LogP contribution is 2.24. The van der Waals surface area contributed by atoms with E-state index in [0.29, 0.717) is 10.9 Å². The first-order valence-electron chi connectivity index (χ1n) is 7.22. The lowest BCUT2D eigenvalue weighted by Crippen LogP contribution is -2.14. The molecule has 5 nitrogen and oxygen atoms in total. The van der Waals surface area contributed by atoms with Crippen LogP contribution in [0.5, 0.6) is 0 Å². The molecule has 3 rings (SSSR count). The summed E-state index contributed by atoms with van der Waals surface area (Å²) in [5.74, 6) is -1.88. The number of carbonyl (C=O) groups excluding carboxylic acids is 1. The van der Waals surface area contributed by atoms with Crippen LogP contribution in [0.3, 0.4) is 0 Å². The van der Waals surface area contributed by atoms with E-state index in [1.807, 2.05) is 19.9 Å². The molecule has 8 heteroatoms. The molecule has 2 heterocycles. The molecule has 0 saturated carbocycles. The summed E-state index contributed by atoms with van der Waals surface area (Å²) in [6.45, 7) is 5.43. The number of halogens is 2. The van der Waals surface area contributed by atoms with Gasteiger partial charge in [0.05, 0.1) is 5.25 Å². The molecule has 0 fully saturated rings. The maximum atomic E-state index is 13.3. The monoisotopic (exact) mass is 348 g/mol. The van der Waals surface area contributed by atoms with E-state index in [9.17, 15) is 13.6 Å². The number of fused-ring (bicyclic) bond motifs is 1. The Bertz CT molecular complexity index is 941. The Kier molecular flexibility index (Phi) is 4.31. The molecule has 2 aromatic heterocycles. The second kappa shape index (κ2) is 6.27. The summed E-state index contributed by atoms with van der Waals surface area (Å²) in [6, 6.07) is 5.00. The normalized spacial score (nSPS) is 12.5. The SMILES string of the molecule is Cc1cc(C)n2nc(S[C@H](C)C(=O)c3ccc(F)c(F)c3)nc2n1. The van der Waals surface area contributed by atoms with Gasteiger partial charge in [-0.2, -0.15) is 4.98 Å². The van der Waals surface area contributed by atoms with Crippen molar-refractivity contribution in [1.82, 2.24) is 19.6 Å². The zero-order valence-corrected chi connectivity index (χ0v) is 14.1. The third-order valence-corrected chi connectivity index (χ3v) is 4.41. The lowest BCUT2D eigenvalue weighted by atomic mass is 10.1. The molecule has 0 aliphatic carbocycles. The fraction of sp³-hybridized carbons (Fsp3) is 0.250. The van der Waals surface area contributed by atoms with Crippen molar-refractivity contribution in [1.29, 1.82) is 0 Å². The van der Waals surface area contributed by atoms with E-state index in [0.717, 1.165) is 35.3 Å². The highest BCUT2D eigenvalue weighted by molar-refractivity contribution is 8.00. The van der Waals surface area contributed by atoms with Crippen LogP contribution in [0.1, 0.15) is 28.7 Å². The number of ketones is 1. The minimum absolute atomic E-state index is 0.114. The van der Waals surface area contributed by atoms with Crippen LogP contribution in [0.25, 0.3) is 5.78 Å². The fourth-order valence-electron chi connectivity index (χ4n) is 2.29. The molecule has 0 aliphatic heterocycles. The number of aromatic nitrogens is 4. The second-order valence-electron chi connectivity index (χ2n) is 5.40. The number of rotatable bonds is 4. The molecular weight excluding hydrogens is 334 g/mol. The van der Waals surface area contributed by atoms with Crippen LogP contribution in [-0.4, -0.2) is 30.6 Å². The average molecular weight is 348 g/mol. The van der Waals surface area contributed by atoms with Gasteiger partial charge in [0.2, 0.25) is 5.16 Å². The van der Waals surface area contributed by atoms with Crippen molar-refractivity contribution >= 4 is 23.3 Å². The second-order valence-corrected chi connectivity index (χ2v) is 6.71. The first-order valence-corrected chi connectivity index (χ1v) is 8.10. The van der Waals surface area contributed by atoms with Gasteiger partial charge in [-0.05, 0) is 45.0 Å². The molecule has 0 bridgehead atoms. The van der Waals surface area contributed by atoms with E-state index in [1.165, 1.54) is 6.07 Å². The minimum atomic E-state index is -1.04. The minimum Gasteiger partial charge on any atom is -0.293 e. The Morgan fingerprint density at radius 2 is 1.92 bits per heavy atom. The molecule has 0 radical (unpaired) electrons. The molecule has 1 atom stereocenters. The van der Waals surface area contributed by atoms with Crippen molar-refractivity contribution in [3.8, 4) is 0 Å². The highest BCUT2D eigenvalue weighted by Gasteiger charge is 2.20. The van der Waals surface area contributed by atoms with E-state index in [-0.39, 0.29) is 11.3 Å². The maximum absolute atomic E-state index is 13.3. The Hall–Kier alpha value is -2.35. The summed E-state index contributed by atoms with van der Waals surface area (Å²) in [5, 5.41) is 4.18. The first kappa shape index (κ1) is 16.5. The van der Waals surface area contributed by atoms with Crippen LogP contribution >= 0.6 is 11.8 Å². The van der Waals surface area contributed by atoms with Crippen LogP contribution in [0.2, 0.25) is 0 Å². The molecule has 0 aliphatic rings. The molecule has 1 aromatic carbocycles. The summed E-state index contributed by atoms with van der Waals surface area (Å²) in [7, 11) is 0. The van der Waals surface area contributed by atoms with Gasteiger partial charge in [0.1, 0.15) is 0 Å². The van der Waals surface area contributed by atoms with Crippen molar-refractivity contribution in [3.63, 3.8) is 0 Å². The zero-order valence-electron chi connectivity index (χ0n) is 13.2. The van der Waals surface area contributed by atoms with Crippen molar-refractivity contribution in [2.24, 2.45) is 0 Å². The summed E-state index contributed by atoms with van der Waals surface area (Å²) < 4.78 is 27.9. The average Bonchev–Trinajstić information content (AvgIpc) is 2.91. The van der Waals surface area contributed by atoms with Crippen molar-refractivity contribution in [3.05, 3.63) is 52.9 Å². The summed E-state index contributed by atoms with van der Waals surface area (Å²) in [5.41, 5.74) is 1.83. The van der Waals surface area contributed by atoms with Gasteiger partial charge in [-0.15, -0.1) is 5.10 Å². The van der Waals surface area contributed by atoms with Gasteiger partial charge in [0, 0.05) is 17.0 Å². The van der Waals surface area contributed by atoms with Gasteiger partial charge in [-0.3, -0.25) is 4.79 Å². The number of hydrogen-bond donors (Lipinski definition) is 0. The smallest absolute Gasteiger partial charge is 0.253 e. The number of hydrogen-bond acceptors (Lipinski definition) is 5. The molecular formula is C16H14F2N4OS. The largest absolute Gasteiger partial charge is 0.293 e. The summed E-state index contributed by atoms with van der Waals surface area (Å²) in [4.78, 5) is 20.9. The van der Waals surface area contributed by atoms with E-state index in [1.54, 1.807) is 11.4 Å². The molecule has 0 spiro atoms. The zero-order chi connectivity index (χ0) is 17.4. The van der Waals surface area contributed by atoms with Crippen molar-refractivity contribution < 1.29 is 13.6 Å². The van der Waals surface area contributed by atoms with Gasteiger partial charge in [-0.1, -0.05) is 11.8 Å². The molecule has 0 saturated heterocycles. The Balaban J connectivity index is 1.83. The summed E-state index contributed by atoms with van der Waals surface area (Å²) in [6.07, 6.45) is 0. The Labute approximate surface area is 141 Å². The number of thioether (sulfide) groups is 1. The standard InChI is InChI=1S/C16H14F2N4OS/c1-8-6-9(2)22-15(19-8)20-16(21-22)24-10(3)14(23)11-4-5-12(17)13(18)7-11/h4-7,10H,1-3H3/t10-/m1/s1. The number of nitrogens with zero attached hydrogens (tertiary/aromatic N) is 4. The predicted octanol–water partition coefficient (Wildman–Crippen LogP) is 3.38. The Morgan fingerprint density at radius 3 is 2.62 bits per heavy atom. The lowest BCUT2D eigenvalue weighted by molar-refractivity contribution is 0.0993.